The first kappa shape index (κ1) is 17.6. The highest BCUT2D eigenvalue weighted by Gasteiger charge is 2.41. The summed E-state index contributed by atoms with van der Waals surface area (Å²) >= 11 is 0. The number of ether oxygens (including phenoxy) is 2. The minimum atomic E-state index is -0.556. The van der Waals surface area contributed by atoms with Crippen LogP contribution in [0.2, 0.25) is 0 Å². The molecule has 8 heteroatoms. The Hall–Kier alpha value is -2.25. The Morgan fingerprint density at radius 2 is 2.00 bits per heavy atom. The fraction of sp³-hybridized carbons (Fsp3) is 0.706. The van der Waals surface area contributed by atoms with Gasteiger partial charge in [0.2, 0.25) is 0 Å². The van der Waals surface area contributed by atoms with E-state index in [1.807, 2.05) is 46.2 Å². The molecule has 0 radical (unpaired) electrons. The third kappa shape index (κ3) is 3.17. The summed E-state index contributed by atoms with van der Waals surface area (Å²) in [6.07, 6.45) is 0.755. The van der Waals surface area contributed by atoms with Gasteiger partial charge in [-0.2, -0.15) is 5.10 Å². The number of rotatable bonds is 1. The summed E-state index contributed by atoms with van der Waals surface area (Å²) in [5, 5.41) is 4.40. The predicted octanol–water partition coefficient (Wildman–Crippen LogP) is 2.76. The lowest BCUT2D eigenvalue weighted by Crippen LogP contribution is -2.47. The maximum Gasteiger partial charge on any atom is 0.415 e. The number of hydrogen-bond acceptors (Lipinski definition) is 5. The maximum atomic E-state index is 12.5. The standard InChI is InChI=1S/C17H26N4O4/c1-10-8-20-14(9-19(10)15(22)25-17(4,5)6)13(7-18-20)21-11(2)12(3)24-16(21)23/h7,10-12H,8-9H2,1-6H3/t10-,11?,12+/m0/s1. The average Bonchev–Trinajstić information content (AvgIpc) is 2.97. The highest BCUT2D eigenvalue weighted by molar-refractivity contribution is 5.91. The van der Waals surface area contributed by atoms with Crippen molar-refractivity contribution in [1.29, 1.82) is 0 Å². The van der Waals surface area contributed by atoms with Gasteiger partial charge in [-0.3, -0.25) is 14.5 Å². The van der Waals surface area contributed by atoms with Crippen LogP contribution in [0.15, 0.2) is 6.20 Å². The van der Waals surface area contributed by atoms with Crippen LogP contribution >= 0.6 is 0 Å². The Balaban J connectivity index is 1.88. The number of aromatic nitrogens is 2. The zero-order valence-corrected chi connectivity index (χ0v) is 15.6. The molecule has 1 fully saturated rings. The van der Waals surface area contributed by atoms with E-state index in [9.17, 15) is 9.59 Å². The molecule has 0 aliphatic carbocycles. The first-order valence-electron chi connectivity index (χ1n) is 8.62. The Morgan fingerprint density at radius 1 is 1.32 bits per heavy atom. The highest BCUT2D eigenvalue weighted by Crippen LogP contribution is 2.33. The fourth-order valence-corrected chi connectivity index (χ4v) is 3.16. The van der Waals surface area contributed by atoms with Gasteiger partial charge < -0.3 is 9.47 Å². The van der Waals surface area contributed by atoms with Crippen molar-refractivity contribution >= 4 is 17.9 Å². The molecule has 8 nitrogen and oxygen atoms in total. The molecule has 2 aliphatic rings. The van der Waals surface area contributed by atoms with E-state index in [0.717, 1.165) is 5.69 Å². The molecule has 25 heavy (non-hydrogen) atoms. The summed E-state index contributed by atoms with van der Waals surface area (Å²) in [4.78, 5) is 28.0. The van der Waals surface area contributed by atoms with Crippen LogP contribution in [-0.2, 0) is 22.6 Å². The number of hydrogen-bond donors (Lipinski definition) is 0. The van der Waals surface area contributed by atoms with Gasteiger partial charge in [-0.25, -0.2) is 9.59 Å². The van der Waals surface area contributed by atoms with Crippen molar-refractivity contribution in [3.8, 4) is 0 Å². The van der Waals surface area contributed by atoms with E-state index in [1.165, 1.54) is 0 Å². The zero-order valence-electron chi connectivity index (χ0n) is 15.6. The van der Waals surface area contributed by atoms with Gasteiger partial charge in [0.1, 0.15) is 11.7 Å². The number of carbonyl (C=O) groups is 2. The van der Waals surface area contributed by atoms with Gasteiger partial charge in [0.05, 0.1) is 42.8 Å². The third-order valence-corrected chi connectivity index (χ3v) is 4.67. The molecule has 0 aromatic carbocycles. The molecule has 0 saturated carbocycles. The van der Waals surface area contributed by atoms with Crippen molar-refractivity contribution in [2.45, 2.75) is 78.4 Å². The summed E-state index contributed by atoms with van der Waals surface area (Å²) in [5.41, 5.74) is 0.962. The van der Waals surface area contributed by atoms with Crippen molar-refractivity contribution in [2.75, 3.05) is 4.90 Å². The minimum absolute atomic E-state index is 0.0445. The number of amides is 2. The molecule has 0 N–H and O–H groups in total. The van der Waals surface area contributed by atoms with Crippen LogP contribution in [0.4, 0.5) is 15.3 Å². The van der Waals surface area contributed by atoms with Crippen LogP contribution in [-0.4, -0.2) is 50.7 Å². The SMILES string of the molecule is CC1[C@@H](C)OC(=O)N1c1cnn2c1CN(C(=O)OC(C)(C)C)[C@@H](C)C2. The lowest BCUT2D eigenvalue weighted by Gasteiger charge is -2.36. The van der Waals surface area contributed by atoms with E-state index in [-0.39, 0.29) is 30.4 Å². The fourth-order valence-electron chi connectivity index (χ4n) is 3.16. The van der Waals surface area contributed by atoms with Gasteiger partial charge in [0.15, 0.2) is 0 Å². The van der Waals surface area contributed by atoms with E-state index in [4.69, 9.17) is 9.47 Å². The van der Waals surface area contributed by atoms with E-state index in [1.54, 1.807) is 16.0 Å². The summed E-state index contributed by atoms with van der Waals surface area (Å²) in [6, 6.07) is -0.132. The molecule has 1 unspecified atom stereocenters. The van der Waals surface area contributed by atoms with Gasteiger partial charge in [0, 0.05) is 0 Å². The van der Waals surface area contributed by atoms with E-state index < -0.39 is 5.60 Å². The summed E-state index contributed by atoms with van der Waals surface area (Å²) in [6.45, 7) is 12.2. The largest absolute Gasteiger partial charge is 0.444 e. The average molecular weight is 350 g/mol. The molecule has 1 aromatic rings. The Kier molecular flexibility index (Phi) is 4.17. The van der Waals surface area contributed by atoms with Crippen molar-refractivity contribution in [3.05, 3.63) is 11.9 Å². The predicted molar refractivity (Wildman–Crippen MR) is 91.4 cm³/mol. The molecule has 1 aromatic heterocycles. The van der Waals surface area contributed by atoms with Crippen molar-refractivity contribution in [2.24, 2.45) is 0 Å². The highest BCUT2D eigenvalue weighted by atomic mass is 16.6. The zero-order chi connectivity index (χ0) is 18.5. The van der Waals surface area contributed by atoms with Gasteiger partial charge >= 0.3 is 12.2 Å². The monoisotopic (exact) mass is 350 g/mol. The smallest absolute Gasteiger partial charge is 0.415 e. The van der Waals surface area contributed by atoms with Crippen LogP contribution in [0.1, 0.15) is 47.2 Å². The van der Waals surface area contributed by atoms with Crippen molar-refractivity contribution in [3.63, 3.8) is 0 Å². The number of cyclic esters (lactones) is 1. The normalized spacial score (nSPS) is 26.5. The van der Waals surface area contributed by atoms with Gasteiger partial charge in [-0.1, -0.05) is 0 Å². The summed E-state index contributed by atoms with van der Waals surface area (Å²) < 4.78 is 12.7. The first-order chi connectivity index (χ1) is 11.6. The molecule has 2 amide bonds. The molecule has 1 saturated heterocycles. The number of fused-ring (bicyclic) bond motifs is 1. The summed E-state index contributed by atoms with van der Waals surface area (Å²) in [5.74, 6) is 0. The van der Waals surface area contributed by atoms with Crippen LogP contribution in [0, 0.1) is 0 Å². The topological polar surface area (TPSA) is 76.9 Å². The van der Waals surface area contributed by atoms with Crippen LogP contribution in [0.25, 0.3) is 0 Å². The molecule has 3 heterocycles. The van der Waals surface area contributed by atoms with Gasteiger partial charge in [-0.05, 0) is 41.5 Å². The molecule has 3 atom stereocenters. The molecule has 138 valence electrons. The van der Waals surface area contributed by atoms with E-state index in [2.05, 4.69) is 5.10 Å². The minimum Gasteiger partial charge on any atom is -0.444 e. The maximum absolute atomic E-state index is 12.5. The second-order valence-electron chi connectivity index (χ2n) is 7.82. The van der Waals surface area contributed by atoms with Gasteiger partial charge in [0.25, 0.3) is 0 Å². The van der Waals surface area contributed by atoms with Gasteiger partial charge in [-0.15, -0.1) is 0 Å². The van der Waals surface area contributed by atoms with Crippen molar-refractivity contribution in [1.82, 2.24) is 14.7 Å². The van der Waals surface area contributed by atoms with Crippen LogP contribution in [0.5, 0.6) is 0 Å². The summed E-state index contributed by atoms with van der Waals surface area (Å²) in [7, 11) is 0. The van der Waals surface area contributed by atoms with Crippen LogP contribution in [0.3, 0.4) is 0 Å². The van der Waals surface area contributed by atoms with E-state index >= 15 is 0 Å². The lowest BCUT2D eigenvalue weighted by molar-refractivity contribution is 0.00913. The molecular weight excluding hydrogens is 324 g/mol. The Morgan fingerprint density at radius 3 is 2.56 bits per heavy atom. The third-order valence-electron chi connectivity index (χ3n) is 4.67. The van der Waals surface area contributed by atoms with E-state index in [0.29, 0.717) is 18.8 Å². The first-order valence-corrected chi connectivity index (χ1v) is 8.62. The number of anilines is 1. The number of nitrogens with zero attached hydrogens (tertiary/aromatic N) is 4. The molecule has 0 bridgehead atoms. The lowest BCUT2D eigenvalue weighted by atomic mass is 10.1. The molecule has 0 spiro atoms. The second kappa shape index (κ2) is 5.93. The molecule has 2 aliphatic heterocycles. The Labute approximate surface area is 147 Å². The quantitative estimate of drug-likeness (QED) is 0.778. The Bertz CT molecular complexity index is 693. The molecular formula is C17H26N4O4. The number of carbonyl (C=O) groups excluding carboxylic acids is 2. The van der Waals surface area contributed by atoms with Crippen LogP contribution < -0.4 is 4.90 Å². The second-order valence-corrected chi connectivity index (χ2v) is 7.82. The molecule has 3 rings (SSSR count). The van der Waals surface area contributed by atoms with Crippen molar-refractivity contribution < 1.29 is 19.1 Å².